The van der Waals surface area contributed by atoms with Gasteiger partial charge >= 0.3 is 5.97 Å². The molecule has 0 bridgehead atoms. The van der Waals surface area contributed by atoms with Gasteiger partial charge < -0.3 is 9.64 Å². The first-order valence-electron chi connectivity index (χ1n) is 14.3. The van der Waals surface area contributed by atoms with E-state index in [2.05, 4.69) is 0 Å². The lowest BCUT2D eigenvalue weighted by molar-refractivity contribution is -0.151. The zero-order chi connectivity index (χ0) is 29.7. The Morgan fingerprint density at radius 2 is 1.30 bits per heavy atom. The van der Waals surface area contributed by atoms with Crippen molar-refractivity contribution in [2.75, 3.05) is 9.80 Å². The molecule has 2 saturated heterocycles. The van der Waals surface area contributed by atoms with Gasteiger partial charge in [-0.3, -0.25) is 14.4 Å². The molecule has 7 rings (SSSR count). The Labute approximate surface area is 249 Å². The number of rotatable bonds is 6. The molecule has 0 radical (unpaired) electrons. The maximum absolute atomic E-state index is 14.4. The summed E-state index contributed by atoms with van der Waals surface area (Å²) in [5, 5.41) is 0. The van der Waals surface area contributed by atoms with E-state index in [1.165, 1.54) is 6.92 Å². The van der Waals surface area contributed by atoms with Crippen LogP contribution in [0.25, 0.3) is 6.08 Å². The number of para-hydroxylation sites is 1. The third-order valence-electron chi connectivity index (χ3n) is 8.63. The van der Waals surface area contributed by atoms with Crippen molar-refractivity contribution in [3.63, 3.8) is 0 Å². The molecule has 3 aliphatic heterocycles. The number of ether oxygens (including phenoxy) is 1. The van der Waals surface area contributed by atoms with Crippen LogP contribution in [0.5, 0.6) is 0 Å². The summed E-state index contributed by atoms with van der Waals surface area (Å²) < 4.78 is 6.32. The van der Waals surface area contributed by atoms with Crippen molar-refractivity contribution >= 4 is 41.0 Å². The molecule has 4 aromatic rings. The van der Waals surface area contributed by atoms with Crippen LogP contribution in [-0.4, -0.2) is 35.7 Å². The molecule has 43 heavy (non-hydrogen) atoms. The molecule has 0 N–H and O–H groups in total. The summed E-state index contributed by atoms with van der Waals surface area (Å²) in [5.41, 5.74) is 4.13. The summed E-state index contributed by atoms with van der Waals surface area (Å²) in [4.78, 5) is 57.5. The molecule has 7 heteroatoms. The molecule has 212 valence electrons. The van der Waals surface area contributed by atoms with Crippen molar-refractivity contribution < 1.29 is 23.9 Å². The molecule has 3 aliphatic rings. The number of hydrogen-bond acceptors (Lipinski definition) is 6. The Hall–Kier alpha value is -5.30. The number of benzene rings is 4. The SMILES string of the molecule is CC(=O)c1ccc(N2C(=O)[C@@H]3[C@@H](C2=O)[C@@H]2C=Cc4ccccc4N2[C@@H]3C(=O)OC(c2ccccc2)c2ccccc2)cc1. The van der Waals surface area contributed by atoms with Crippen LogP contribution < -0.4 is 9.80 Å². The molecule has 7 nitrogen and oxygen atoms in total. The van der Waals surface area contributed by atoms with Crippen molar-refractivity contribution in [3.05, 3.63) is 138 Å². The van der Waals surface area contributed by atoms with E-state index in [0.717, 1.165) is 27.3 Å². The van der Waals surface area contributed by atoms with E-state index < -0.39 is 41.9 Å². The van der Waals surface area contributed by atoms with Gasteiger partial charge in [0.15, 0.2) is 11.9 Å². The first kappa shape index (κ1) is 26.6. The number of hydrogen-bond donors (Lipinski definition) is 0. The lowest BCUT2D eigenvalue weighted by Gasteiger charge is -2.36. The molecule has 2 amide bonds. The highest BCUT2D eigenvalue weighted by atomic mass is 16.5. The van der Waals surface area contributed by atoms with E-state index in [1.807, 2.05) is 102 Å². The number of ketones is 1. The van der Waals surface area contributed by atoms with Gasteiger partial charge in [-0.05, 0) is 53.9 Å². The highest BCUT2D eigenvalue weighted by Crippen LogP contribution is 2.49. The number of amides is 2. The maximum Gasteiger partial charge on any atom is 0.330 e. The Balaban J connectivity index is 1.30. The average molecular weight is 569 g/mol. The maximum atomic E-state index is 14.4. The van der Waals surface area contributed by atoms with Gasteiger partial charge in [0, 0.05) is 11.3 Å². The Bertz CT molecular complexity index is 1730. The minimum Gasteiger partial charge on any atom is -0.451 e. The predicted octanol–water partition coefficient (Wildman–Crippen LogP) is 5.61. The first-order valence-corrected chi connectivity index (χ1v) is 14.3. The van der Waals surface area contributed by atoms with Crippen molar-refractivity contribution in [1.29, 1.82) is 0 Å². The molecule has 4 aromatic carbocycles. The van der Waals surface area contributed by atoms with Crippen molar-refractivity contribution in [2.45, 2.75) is 25.1 Å². The van der Waals surface area contributed by atoms with Crippen LogP contribution in [0, 0.1) is 11.8 Å². The molecule has 0 saturated carbocycles. The van der Waals surface area contributed by atoms with Gasteiger partial charge in [0.1, 0.15) is 6.04 Å². The number of imide groups is 1. The summed E-state index contributed by atoms with van der Waals surface area (Å²) in [6, 6.07) is 31.5. The molecule has 3 heterocycles. The van der Waals surface area contributed by atoms with Gasteiger partial charge in [0.2, 0.25) is 11.8 Å². The fraction of sp³-hybridized carbons (Fsp3) is 0.167. The van der Waals surface area contributed by atoms with Gasteiger partial charge in [0.25, 0.3) is 0 Å². The second kappa shape index (κ2) is 10.5. The zero-order valence-corrected chi connectivity index (χ0v) is 23.4. The van der Waals surface area contributed by atoms with Crippen LogP contribution in [0.3, 0.4) is 0 Å². The fourth-order valence-corrected chi connectivity index (χ4v) is 6.65. The zero-order valence-electron chi connectivity index (χ0n) is 23.4. The standard InChI is InChI=1S/C36H28N2O5/c1-22(39)23-16-19-27(20-17-23)37-34(40)30-29-21-18-24-10-8-9-15-28(24)38(29)32(31(30)35(37)41)36(42)43-33(25-11-4-2-5-12-25)26-13-6-3-7-14-26/h2-21,29-33H,1H3/t29-,30-,31+,32-/m0/s1. The van der Waals surface area contributed by atoms with Crippen LogP contribution in [0.4, 0.5) is 11.4 Å². The number of nitrogens with zero attached hydrogens (tertiary/aromatic N) is 2. The molecular formula is C36H28N2O5. The molecular weight excluding hydrogens is 540 g/mol. The third-order valence-corrected chi connectivity index (χ3v) is 8.63. The predicted molar refractivity (Wildman–Crippen MR) is 162 cm³/mol. The summed E-state index contributed by atoms with van der Waals surface area (Å²) in [6.45, 7) is 1.46. The summed E-state index contributed by atoms with van der Waals surface area (Å²) in [5.74, 6) is -3.26. The third kappa shape index (κ3) is 4.36. The van der Waals surface area contributed by atoms with Crippen LogP contribution in [0.2, 0.25) is 0 Å². The number of anilines is 2. The van der Waals surface area contributed by atoms with E-state index >= 15 is 0 Å². The summed E-state index contributed by atoms with van der Waals surface area (Å²) in [7, 11) is 0. The molecule has 2 fully saturated rings. The average Bonchev–Trinajstić information content (AvgIpc) is 3.53. The topological polar surface area (TPSA) is 84.0 Å². The molecule has 0 aliphatic carbocycles. The quantitative estimate of drug-likeness (QED) is 0.171. The number of carbonyl (C=O) groups is 4. The minimum absolute atomic E-state index is 0.113. The Morgan fingerprint density at radius 1 is 0.721 bits per heavy atom. The van der Waals surface area contributed by atoms with Gasteiger partial charge in [-0.25, -0.2) is 9.69 Å². The number of esters is 1. The normalized spacial score (nSPS) is 21.9. The highest BCUT2D eigenvalue weighted by molar-refractivity contribution is 6.24. The number of carbonyl (C=O) groups excluding carboxylic acids is 4. The van der Waals surface area contributed by atoms with Gasteiger partial charge in [0.05, 0.1) is 23.6 Å². The van der Waals surface area contributed by atoms with Crippen LogP contribution in [0.1, 0.15) is 40.1 Å². The van der Waals surface area contributed by atoms with E-state index in [1.54, 1.807) is 24.3 Å². The Morgan fingerprint density at radius 3 is 1.93 bits per heavy atom. The molecule has 0 unspecified atom stereocenters. The fourth-order valence-electron chi connectivity index (χ4n) is 6.65. The first-order chi connectivity index (χ1) is 20.9. The highest BCUT2D eigenvalue weighted by Gasteiger charge is 2.65. The smallest absolute Gasteiger partial charge is 0.330 e. The van der Waals surface area contributed by atoms with Crippen LogP contribution >= 0.6 is 0 Å². The molecule has 0 spiro atoms. The van der Waals surface area contributed by atoms with E-state index in [-0.39, 0.29) is 11.7 Å². The van der Waals surface area contributed by atoms with Gasteiger partial charge in [-0.1, -0.05) is 91.0 Å². The van der Waals surface area contributed by atoms with Crippen molar-refractivity contribution in [2.24, 2.45) is 11.8 Å². The minimum atomic E-state index is -1.03. The number of fused-ring (bicyclic) bond motifs is 5. The second-order valence-corrected chi connectivity index (χ2v) is 11.1. The van der Waals surface area contributed by atoms with Crippen molar-refractivity contribution in [1.82, 2.24) is 0 Å². The monoisotopic (exact) mass is 568 g/mol. The van der Waals surface area contributed by atoms with E-state index in [9.17, 15) is 19.2 Å². The largest absolute Gasteiger partial charge is 0.451 e. The van der Waals surface area contributed by atoms with Gasteiger partial charge in [-0.2, -0.15) is 0 Å². The molecule has 4 atom stereocenters. The van der Waals surface area contributed by atoms with E-state index in [4.69, 9.17) is 4.74 Å². The summed E-state index contributed by atoms with van der Waals surface area (Å²) in [6.07, 6.45) is 3.15. The summed E-state index contributed by atoms with van der Waals surface area (Å²) >= 11 is 0. The lowest BCUT2D eigenvalue weighted by Crippen LogP contribution is -2.49. The van der Waals surface area contributed by atoms with Crippen LogP contribution in [-0.2, 0) is 19.1 Å². The lowest BCUT2D eigenvalue weighted by atomic mass is 9.88. The molecule has 0 aromatic heterocycles. The van der Waals surface area contributed by atoms with Crippen LogP contribution in [0.15, 0.2) is 115 Å². The van der Waals surface area contributed by atoms with Crippen molar-refractivity contribution in [3.8, 4) is 0 Å². The Kier molecular flexibility index (Phi) is 6.50. The van der Waals surface area contributed by atoms with E-state index in [0.29, 0.717) is 11.3 Å². The number of Topliss-reactive ketones (excluding diaryl/α,β-unsaturated/α-hetero) is 1. The van der Waals surface area contributed by atoms with Gasteiger partial charge in [-0.15, -0.1) is 0 Å². The second-order valence-electron chi connectivity index (χ2n) is 11.1.